The molecule has 1 unspecified atom stereocenters. The third-order valence-corrected chi connectivity index (χ3v) is 3.42. The number of tetrazole rings is 2. The Labute approximate surface area is 126 Å². The summed E-state index contributed by atoms with van der Waals surface area (Å²) in [5, 5.41) is 32.0. The molecule has 0 spiro atoms. The van der Waals surface area contributed by atoms with Crippen molar-refractivity contribution in [3.05, 3.63) is 0 Å². The van der Waals surface area contributed by atoms with Gasteiger partial charge in [-0.1, -0.05) is 20.8 Å². The highest BCUT2D eigenvalue weighted by Gasteiger charge is 2.26. The number of hydrogen-bond acceptors (Lipinski definition) is 8. The van der Waals surface area contributed by atoms with Gasteiger partial charge in [0.1, 0.15) is 0 Å². The fourth-order valence-corrected chi connectivity index (χ4v) is 2.08. The molecule has 1 N–H and O–H groups in total. The summed E-state index contributed by atoms with van der Waals surface area (Å²) in [7, 11) is 0. The highest BCUT2D eigenvalue weighted by Crippen LogP contribution is 2.18. The van der Waals surface area contributed by atoms with E-state index < -0.39 is 12.0 Å². The van der Waals surface area contributed by atoms with Crippen LogP contribution in [0.15, 0.2) is 0 Å². The van der Waals surface area contributed by atoms with Gasteiger partial charge in [0.2, 0.25) is 11.6 Å². The Morgan fingerprint density at radius 3 is 2.36 bits per heavy atom. The molecule has 2 rings (SSSR count). The van der Waals surface area contributed by atoms with Crippen molar-refractivity contribution in [3.63, 3.8) is 0 Å². The molecule has 0 aliphatic heterocycles. The van der Waals surface area contributed by atoms with E-state index in [0.717, 1.165) is 13.1 Å². The largest absolute Gasteiger partial charge is 0.480 e. The Balaban J connectivity index is 2.36. The van der Waals surface area contributed by atoms with Crippen LogP contribution in [0.25, 0.3) is 11.6 Å². The fraction of sp³-hybridized carbons (Fsp3) is 0.727. The van der Waals surface area contributed by atoms with E-state index in [1.54, 1.807) is 11.6 Å². The van der Waals surface area contributed by atoms with Gasteiger partial charge in [-0.05, 0) is 40.4 Å². The van der Waals surface area contributed by atoms with Crippen LogP contribution in [0.3, 0.4) is 0 Å². The minimum Gasteiger partial charge on any atom is -0.480 e. The molecule has 0 saturated carbocycles. The first-order valence-corrected chi connectivity index (χ1v) is 7.11. The normalized spacial score (nSPS) is 12.7. The van der Waals surface area contributed by atoms with Crippen LogP contribution < -0.4 is 0 Å². The lowest BCUT2D eigenvalue weighted by Crippen LogP contribution is -2.27. The molecule has 0 amide bonds. The number of hydrogen-bond donors (Lipinski definition) is 1. The van der Waals surface area contributed by atoms with E-state index in [9.17, 15) is 9.90 Å². The summed E-state index contributed by atoms with van der Waals surface area (Å²) >= 11 is 0. The van der Waals surface area contributed by atoms with E-state index in [2.05, 4.69) is 36.0 Å². The number of aliphatic carboxylic acids is 1. The fourth-order valence-electron chi connectivity index (χ4n) is 2.08. The second-order valence-electron chi connectivity index (χ2n) is 4.66. The molecule has 11 nitrogen and oxygen atoms in total. The molecule has 0 bridgehead atoms. The molecule has 0 aromatic carbocycles. The molecule has 2 aromatic rings. The van der Waals surface area contributed by atoms with Gasteiger partial charge in [0.15, 0.2) is 6.04 Å². The third kappa shape index (κ3) is 3.08. The molecule has 2 aromatic heterocycles. The Morgan fingerprint density at radius 1 is 1.14 bits per heavy atom. The van der Waals surface area contributed by atoms with Gasteiger partial charge < -0.3 is 5.11 Å². The average Bonchev–Trinajstić information content (AvgIpc) is 3.13. The second-order valence-corrected chi connectivity index (χ2v) is 4.66. The summed E-state index contributed by atoms with van der Waals surface area (Å²) < 4.78 is 2.80. The van der Waals surface area contributed by atoms with Crippen molar-refractivity contribution in [1.29, 1.82) is 0 Å². The number of rotatable bonds is 8. The highest BCUT2D eigenvalue weighted by molar-refractivity contribution is 5.72. The monoisotopic (exact) mass is 309 g/mol. The summed E-state index contributed by atoms with van der Waals surface area (Å²) in [6.45, 7) is 7.99. The van der Waals surface area contributed by atoms with Crippen LogP contribution in [0.1, 0.15) is 33.2 Å². The van der Waals surface area contributed by atoms with E-state index in [1.807, 2.05) is 13.8 Å². The molecular weight excluding hydrogens is 290 g/mol. The van der Waals surface area contributed by atoms with Crippen LogP contribution in [0.5, 0.6) is 0 Å². The summed E-state index contributed by atoms with van der Waals surface area (Å²) in [5.41, 5.74) is 0. The topological polar surface area (TPSA) is 128 Å². The number of carboxylic acids is 1. The van der Waals surface area contributed by atoms with E-state index >= 15 is 0 Å². The molecule has 2 heterocycles. The van der Waals surface area contributed by atoms with Gasteiger partial charge in [-0.3, -0.25) is 4.90 Å². The van der Waals surface area contributed by atoms with Crippen LogP contribution in [0.4, 0.5) is 0 Å². The third-order valence-electron chi connectivity index (χ3n) is 3.42. The zero-order chi connectivity index (χ0) is 16.1. The predicted octanol–water partition coefficient (Wildman–Crippen LogP) is -0.338. The first-order chi connectivity index (χ1) is 10.6. The zero-order valence-electron chi connectivity index (χ0n) is 12.8. The van der Waals surface area contributed by atoms with Gasteiger partial charge in [-0.15, -0.1) is 10.2 Å². The maximum absolute atomic E-state index is 11.3. The number of aromatic nitrogens is 8. The summed E-state index contributed by atoms with van der Waals surface area (Å²) in [6, 6.07) is -0.858. The Kier molecular flexibility index (Phi) is 5.09. The van der Waals surface area contributed by atoms with Gasteiger partial charge in [0.05, 0.1) is 6.67 Å². The van der Waals surface area contributed by atoms with Crippen molar-refractivity contribution < 1.29 is 9.90 Å². The first kappa shape index (κ1) is 15.9. The van der Waals surface area contributed by atoms with Crippen LogP contribution in [-0.2, 0) is 11.5 Å². The molecule has 0 aliphatic rings. The van der Waals surface area contributed by atoms with Crippen molar-refractivity contribution in [2.24, 2.45) is 0 Å². The van der Waals surface area contributed by atoms with Gasteiger partial charge in [-0.2, -0.15) is 0 Å². The van der Waals surface area contributed by atoms with Gasteiger partial charge >= 0.3 is 5.97 Å². The smallest absolute Gasteiger partial charge is 0.328 e. The van der Waals surface area contributed by atoms with E-state index in [-0.39, 0.29) is 5.82 Å². The summed E-state index contributed by atoms with van der Waals surface area (Å²) in [5.74, 6) is -0.415. The lowest BCUT2D eigenvalue weighted by molar-refractivity contribution is -0.141. The molecule has 22 heavy (non-hydrogen) atoms. The predicted molar refractivity (Wildman–Crippen MR) is 74.5 cm³/mol. The van der Waals surface area contributed by atoms with E-state index in [1.165, 1.54) is 4.68 Å². The van der Waals surface area contributed by atoms with Crippen LogP contribution in [0.2, 0.25) is 0 Å². The minimum absolute atomic E-state index is 0.242. The van der Waals surface area contributed by atoms with Crippen LogP contribution >= 0.6 is 0 Å². The lowest BCUT2D eigenvalue weighted by atomic mass is 10.2. The standard InChI is InChI=1S/C11H19N9O2/c1-4-8(11(21)22)20-10(13-15-17-20)9-12-14-16-19(9)7-18(5-2)6-3/h8H,4-7H2,1-3H3,(H,21,22). The zero-order valence-corrected chi connectivity index (χ0v) is 12.8. The van der Waals surface area contributed by atoms with Crippen LogP contribution in [0, 0.1) is 0 Å². The molecule has 0 saturated heterocycles. The number of carbonyl (C=O) groups is 1. The van der Waals surface area contributed by atoms with Gasteiger partial charge in [0.25, 0.3) is 0 Å². The molecule has 0 radical (unpaired) electrons. The maximum Gasteiger partial charge on any atom is 0.328 e. The Bertz CT molecular complexity index is 619. The molecule has 0 aliphatic carbocycles. The molecule has 1 atom stereocenters. The molecular formula is C11H19N9O2. The molecule has 120 valence electrons. The number of carboxylic acid groups (broad SMARTS) is 1. The number of nitrogens with zero attached hydrogens (tertiary/aromatic N) is 9. The van der Waals surface area contributed by atoms with Crippen molar-refractivity contribution >= 4 is 5.97 Å². The summed E-state index contributed by atoms with van der Waals surface area (Å²) in [6.07, 6.45) is 0.352. The quantitative estimate of drug-likeness (QED) is 0.696. The SMILES string of the molecule is CCC(C(=O)O)n1nnnc1-c1nnnn1CN(CC)CC. The minimum atomic E-state index is -1.00. The summed E-state index contributed by atoms with van der Waals surface area (Å²) in [4.78, 5) is 13.4. The van der Waals surface area contributed by atoms with Crippen molar-refractivity contribution in [1.82, 2.24) is 45.3 Å². The second kappa shape index (κ2) is 7.02. The lowest BCUT2D eigenvalue weighted by Gasteiger charge is -2.18. The van der Waals surface area contributed by atoms with Gasteiger partial charge in [-0.25, -0.2) is 14.2 Å². The van der Waals surface area contributed by atoms with Crippen LogP contribution in [-0.4, -0.2) is 69.5 Å². The Hall–Kier alpha value is -2.43. The van der Waals surface area contributed by atoms with Gasteiger partial charge in [0, 0.05) is 0 Å². The maximum atomic E-state index is 11.3. The first-order valence-electron chi connectivity index (χ1n) is 7.11. The molecule has 11 heteroatoms. The van der Waals surface area contributed by atoms with Crippen molar-refractivity contribution in [2.45, 2.75) is 39.9 Å². The van der Waals surface area contributed by atoms with E-state index in [0.29, 0.717) is 18.9 Å². The average molecular weight is 309 g/mol. The van der Waals surface area contributed by atoms with Crippen molar-refractivity contribution in [3.8, 4) is 11.6 Å². The Morgan fingerprint density at radius 2 is 1.77 bits per heavy atom. The van der Waals surface area contributed by atoms with E-state index in [4.69, 9.17) is 0 Å². The highest BCUT2D eigenvalue weighted by atomic mass is 16.4. The molecule has 0 fully saturated rings. The van der Waals surface area contributed by atoms with Crippen molar-refractivity contribution in [2.75, 3.05) is 13.1 Å².